The Bertz CT molecular complexity index is 952. The Morgan fingerprint density at radius 2 is 1.81 bits per heavy atom. The largest absolute Gasteiger partial charge is 0.497 e. The van der Waals surface area contributed by atoms with Crippen LogP contribution >= 0.6 is 0 Å². The molecule has 1 amide bonds. The third-order valence-corrected chi connectivity index (χ3v) is 4.44. The Hall–Kier alpha value is -3.35. The quantitative estimate of drug-likeness (QED) is 0.695. The number of aromatic nitrogens is 2. The molecule has 27 heavy (non-hydrogen) atoms. The van der Waals surface area contributed by atoms with Gasteiger partial charge in [-0.25, -0.2) is 4.39 Å². The van der Waals surface area contributed by atoms with E-state index in [1.54, 1.807) is 34.9 Å². The van der Waals surface area contributed by atoms with Gasteiger partial charge < -0.3 is 14.4 Å². The molecule has 0 bridgehead atoms. The van der Waals surface area contributed by atoms with Crippen molar-refractivity contribution in [3.8, 4) is 11.6 Å². The minimum absolute atomic E-state index is 0.181. The fourth-order valence-electron chi connectivity index (χ4n) is 2.99. The first-order valence-electron chi connectivity index (χ1n) is 8.55. The minimum atomic E-state index is -0.331. The number of halogens is 1. The van der Waals surface area contributed by atoms with Crippen molar-refractivity contribution in [3.63, 3.8) is 0 Å². The molecular formula is C20H18FN3O3. The number of rotatable bonds is 5. The molecule has 0 unspecified atom stereocenters. The Kier molecular flexibility index (Phi) is 4.50. The van der Waals surface area contributed by atoms with E-state index in [1.165, 1.54) is 12.1 Å². The van der Waals surface area contributed by atoms with Crippen LogP contribution in [0.25, 0.3) is 0 Å². The normalized spacial score (nSPS) is 13.4. The minimum Gasteiger partial charge on any atom is -0.497 e. The van der Waals surface area contributed by atoms with Gasteiger partial charge in [-0.05, 0) is 42.0 Å². The van der Waals surface area contributed by atoms with Gasteiger partial charge in [-0.3, -0.25) is 9.48 Å². The molecule has 1 aromatic heterocycles. The Morgan fingerprint density at radius 3 is 2.52 bits per heavy atom. The van der Waals surface area contributed by atoms with Crippen molar-refractivity contribution in [2.75, 3.05) is 18.6 Å². The summed E-state index contributed by atoms with van der Waals surface area (Å²) in [5.74, 6) is 0.667. The molecule has 0 aliphatic carbocycles. The third-order valence-electron chi connectivity index (χ3n) is 4.44. The molecular weight excluding hydrogens is 349 g/mol. The summed E-state index contributed by atoms with van der Waals surface area (Å²) in [5, 5.41) is 4.35. The van der Waals surface area contributed by atoms with E-state index >= 15 is 0 Å². The molecule has 0 spiro atoms. The number of benzene rings is 2. The van der Waals surface area contributed by atoms with Gasteiger partial charge in [0.15, 0.2) is 0 Å². The van der Waals surface area contributed by atoms with E-state index in [9.17, 15) is 9.18 Å². The molecule has 0 saturated carbocycles. The molecule has 7 heteroatoms. The molecule has 0 N–H and O–H groups in total. The van der Waals surface area contributed by atoms with Crippen LogP contribution < -0.4 is 14.4 Å². The second-order valence-electron chi connectivity index (χ2n) is 6.16. The summed E-state index contributed by atoms with van der Waals surface area (Å²) >= 11 is 0. The first-order valence-corrected chi connectivity index (χ1v) is 8.55. The van der Waals surface area contributed by atoms with Gasteiger partial charge in [0.05, 0.1) is 13.7 Å². The fraction of sp³-hybridized carbons (Fsp3) is 0.200. The molecule has 0 fully saturated rings. The van der Waals surface area contributed by atoms with Crippen LogP contribution in [0, 0.1) is 5.82 Å². The number of hydrogen-bond donors (Lipinski definition) is 0. The van der Waals surface area contributed by atoms with Crippen LogP contribution in [-0.4, -0.2) is 29.3 Å². The maximum absolute atomic E-state index is 13.1. The Balaban J connectivity index is 1.47. The molecule has 0 atom stereocenters. The molecule has 0 radical (unpaired) electrons. The second-order valence-corrected chi connectivity index (χ2v) is 6.16. The number of fused-ring (bicyclic) bond motifs is 1. The highest BCUT2D eigenvalue weighted by molar-refractivity contribution is 6.05. The number of hydrogen-bond acceptors (Lipinski definition) is 4. The summed E-state index contributed by atoms with van der Waals surface area (Å²) in [4.78, 5) is 14.4. The lowest BCUT2D eigenvalue weighted by Gasteiger charge is -2.27. The maximum Gasteiger partial charge on any atom is 0.276 e. The number of nitrogens with zero attached hydrogens (tertiary/aromatic N) is 3. The van der Waals surface area contributed by atoms with Gasteiger partial charge in [0.25, 0.3) is 5.91 Å². The molecule has 4 rings (SSSR count). The van der Waals surface area contributed by atoms with E-state index in [4.69, 9.17) is 9.47 Å². The predicted octanol–water partition coefficient (Wildman–Crippen LogP) is 3.27. The molecule has 0 saturated heterocycles. The summed E-state index contributed by atoms with van der Waals surface area (Å²) in [5.41, 5.74) is 2.09. The molecule has 6 nitrogen and oxygen atoms in total. The van der Waals surface area contributed by atoms with Crippen molar-refractivity contribution in [1.29, 1.82) is 0 Å². The van der Waals surface area contributed by atoms with Gasteiger partial charge in [-0.2, -0.15) is 0 Å². The van der Waals surface area contributed by atoms with Crippen LogP contribution in [-0.2, 0) is 13.2 Å². The zero-order valence-corrected chi connectivity index (χ0v) is 14.8. The number of amides is 1. The maximum atomic E-state index is 13.1. The lowest BCUT2D eigenvalue weighted by atomic mass is 10.2. The molecule has 2 heterocycles. The monoisotopic (exact) mass is 367 g/mol. The lowest BCUT2D eigenvalue weighted by Crippen LogP contribution is -2.40. The zero-order chi connectivity index (χ0) is 18.8. The van der Waals surface area contributed by atoms with Crippen molar-refractivity contribution in [2.24, 2.45) is 0 Å². The van der Waals surface area contributed by atoms with Crippen LogP contribution in [0.5, 0.6) is 11.6 Å². The van der Waals surface area contributed by atoms with Gasteiger partial charge in [-0.15, -0.1) is 5.10 Å². The van der Waals surface area contributed by atoms with E-state index in [1.807, 2.05) is 24.3 Å². The van der Waals surface area contributed by atoms with Crippen LogP contribution in [0.3, 0.4) is 0 Å². The molecule has 3 aromatic rings. The van der Waals surface area contributed by atoms with Gasteiger partial charge in [-0.1, -0.05) is 12.1 Å². The van der Waals surface area contributed by atoms with E-state index < -0.39 is 0 Å². The first kappa shape index (κ1) is 17.1. The summed E-state index contributed by atoms with van der Waals surface area (Å²) in [6.07, 6.45) is 0. The van der Waals surface area contributed by atoms with Crippen molar-refractivity contribution < 1.29 is 18.7 Å². The molecule has 1 aliphatic heterocycles. The van der Waals surface area contributed by atoms with E-state index in [0.717, 1.165) is 11.3 Å². The summed E-state index contributed by atoms with van der Waals surface area (Å²) < 4.78 is 25.6. The lowest BCUT2D eigenvalue weighted by molar-refractivity contribution is 0.0962. The van der Waals surface area contributed by atoms with Gasteiger partial charge in [0, 0.05) is 18.3 Å². The van der Waals surface area contributed by atoms with Gasteiger partial charge >= 0.3 is 0 Å². The average molecular weight is 367 g/mol. The second kappa shape index (κ2) is 7.11. The van der Waals surface area contributed by atoms with Crippen molar-refractivity contribution in [2.45, 2.75) is 13.2 Å². The average Bonchev–Trinajstić information content (AvgIpc) is 3.12. The van der Waals surface area contributed by atoms with E-state index in [2.05, 4.69) is 5.10 Å². The highest BCUT2D eigenvalue weighted by Crippen LogP contribution is 2.24. The van der Waals surface area contributed by atoms with Gasteiger partial charge in [0.2, 0.25) is 5.88 Å². The number of ether oxygens (including phenoxy) is 2. The van der Waals surface area contributed by atoms with Crippen LogP contribution in [0.4, 0.5) is 10.1 Å². The Morgan fingerprint density at radius 1 is 1.07 bits per heavy atom. The number of methoxy groups -OCH3 is 1. The fourth-order valence-corrected chi connectivity index (χ4v) is 2.99. The summed E-state index contributed by atoms with van der Waals surface area (Å²) in [6.45, 7) is 1.36. The van der Waals surface area contributed by atoms with Crippen LogP contribution in [0.2, 0.25) is 0 Å². The predicted molar refractivity (Wildman–Crippen MR) is 97.6 cm³/mol. The molecule has 2 aromatic carbocycles. The Labute approximate surface area is 155 Å². The SMILES string of the molecule is COc1ccc(COc2cc3n(n2)CCN(c2ccc(F)cc2)C3=O)cc1. The van der Waals surface area contributed by atoms with Crippen molar-refractivity contribution in [3.05, 3.63) is 71.7 Å². The highest BCUT2D eigenvalue weighted by Gasteiger charge is 2.28. The first-order chi connectivity index (χ1) is 13.1. The van der Waals surface area contributed by atoms with Crippen molar-refractivity contribution >= 4 is 11.6 Å². The van der Waals surface area contributed by atoms with E-state index in [0.29, 0.717) is 37.0 Å². The van der Waals surface area contributed by atoms with E-state index in [-0.39, 0.29) is 11.7 Å². The third kappa shape index (κ3) is 3.48. The number of carbonyl (C=O) groups is 1. The standard InChI is InChI=1S/C20H18FN3O3/c1-26-17-8-2-14(3-9-17)13-27-19-12-18-20(25)23(10-11-24(18)22-19)16-6-4-15(21)5-7-16/h2-9,12H,10-11,13H2,1H3. The number of carbonyl (C=O) groups excluding carboxylic acids is 1. The highest BCUT2D eigenvalue weighted by atomic mass is 19.1. The summed E-state index contributed by atoms with van der Waals surface area (Å²) in [6, 6.07) is 15.1. The van der Waals surface area contributed by atoms with Crippen molar-refractivity contribution in [1.82, 2.24) is 9.78 Å². The topological polar surface area (TPSA) is 56.6 Å². The molecule has 138 valence electrons. The van der Waals surface area contributed by atoms with Crippen LogP contribution in [0.15, 0.2) is 54.6 Å². The van der Waals surface area contributed by atoms with Crippen LogP contribution in [0.1, 0.15) is 16.1 Å². The summed E-state index contributed by atoms with van der Waals surface area (Å²) in [7, 11) is 1.62. The van der Waals surface area contributed by atoms with Gasteiger partial charge in [0.1, 0.15) is 23.9 Å². The smallest absolute Gasteiger partial charge is 0.276 e. The number of anilines is 1. The zero-order valence-electron chi connectivity index (χ0n) is 14.8. The molecule has 1 aliphatic rings.